The third-order valence-corrected chi connectivity index (χ3v) is 11.3. The summed E-state index contributed by atoms with van der Waals surface area (Å²) >= 11 is 14.8. The lowest BCUT2D eigenvalue weighted by Gasteiger charge is -2.47. The maximum atomic E-state index is 14.7. The first kappa shape index (κ1) is 36.3. The number of nitrogens with zero attached hydrogens (tertiary/aromatic N) is 5. The zero-order chi connectivity index (χ0) is 35.8. The molecule has 2 aliphatic heterocycles. The molecule has 4 heterocycles. The molecule has 2 aliphatic rings. The maximum Gasteiger partial charge on any atom is 0.401 e. The molecule has 2 aromatic carbocycles. The lowest BCUT2D eigenvalue weighted by Crippen LogP contribution is -2.67. The minimum atomic E-state index is -4.33. The van der Waals surface area contributed by atoms with E-state index in [1.165, 1.54) is 22.3 Å². The van der Waals surface area contributed by atoms with Crippen molar-refractivity contribution < 1.29 is 37.3 Å². The van der Waals surface area contributed by atoms with Gasteiger partial charge >= 0.3 is 18.1 Å². The molecule has 0 radical (unpaired) electrons. The minimum Gasteiger partial charge on any atom is -0.481 e. The number of likely N-dealkylation sites (tertiary alicyclic amines) is 1. The highest BCUT2D eigenvalue weighted by Gasteiger charge is 2.55. The first-order valence-electron chi connectivity index (χ1n) is 16.2. The van der Waals surface area contributed by atoms with Crippen LogP contribution in [0.5, 0.6) is 0 Å². The van der Waals surface area contributed by atoms with Gasteiger partial charge in [-0.15, -0.1) is 16.3 Å². The lowest BCUT2D eigenvalue weighted by atomic mass is 10.1. The van der Waals surface area contributed by atoms with Gasteiger partial charge in [0.1, 0.15) is 6.54 Å². The number of rotatable bonds is 10. The predicted octanol–water partition coefficient (Wildman–Crippen LogP) is 6.73. The summed E-state index contributed by atoms with van der Waals surface area (Å²) in [4.78, 5) is 45.9. The molecule has 2 saturated heterocycles. The molecule has 266 valence electrons. The Hall–Kier alpha value is -3.53. The summed E-state index contributed by atoms with van der Waals surface area (Å²) in [6, 6.07) is 10.2. The zero-order valence-corrected chi connectivity index (χ0v) is 29.5. The van der Waals surface area contributed by atoms with Crippen LogP contribution >= 0.6 is 34.5 Å². The van der Waals surface area contributed by atoms with E-state index in [0.717, 1.165) is 15.8 Å². The molecule has 2 N–H and O–H groups in total. The van der Waals surface area contributed by atoms with Gasteiger partial charge in [-0.05, 0) is 30.2 Å². The molecule has 0 aliphatic carbocycles. The van der Waals surface area contributed by atoms with Gasteiger partial charge in [-0.2, -0.15) is 17.8 Å². The Morgan fingerprint density at radius 1 is 1.10 bits per heavy atom. The van der Waals surface area contributed by atoms with Crippen molar-refractivity contribution in [3.8, 4) is 0 Å². The number of benzene rings is 2. The highest BCUT2D eigenvalue weighted by molar-refractivity contribution is 7.11. The van der Waals surface area contributed by atoms with Crippen molar-refractivity contribution in [2.75, 3.05) is 44.6 Å². The number of para-hydroxylation sites is 1. The largest absolute Gasteiger partial charge is 0.481 e. The number of amides is 2. The van der Waals surface area contributed by atoms with Crippen LogP contribution in [0.3, 0.4) is 0 Å². The number of carboxylic acids is 1. The highest BCUT2D eigenvalue weighted by Crippen LogP contribution is 2.44. The molecule has 16 heteroatoms. The van der Waals surface area contributed by atoms with Crippen LogP contribution in [0.15, 0.2) is 48.8 Å². The van der Waals surface area contributed by atoms with E-state index in [1.807, 2.05) is 40.9 Å². The number of aliphatic carboxylic acids is 1. The van der Waals surface area contributed by atoms with Crippen LogP contribution in [0.1, 0.15) is 51.1 Å². The summed E-state index contributed by atoms with van der Waals surface area (Å²) in [5, 5.41) is 15.8. The average molecular weight is 753 g/mol. The van der Waals surface area contributed by atoms with Crippen molar-refractivity contribution in [1.82, 2.24) is 19.5 Å². The van der Waals surface area contributed by atoms with Crippen molar-refractivity contribution in [2.45, 2.75) is 44.3 Å². The van der Waals surface area contributed by atoms with Crippen LogP contribution in [0.4, 0.5) is 18.9 Å². The van der Waals surface area contributed by atoms with Gasteiger partial charge in [0.2, 0.25) is 0 Å². The third-order valence-electron chi connectivity index (χ3n) is 9.49. The lowest BCUT2D eigenvalue weighted by molar-refractivity contribution is -0.985. The number of hydrogen-bond donors (Lipinski definition) is 2. The number of piperazine rings is 1. The summed E-state index contributed by atoms with van der Waals surface area (Å²) in [5.41, 5.74) is 2.09. The fourth-order valence-electron chi connectivity index (χ4n) is 7.16. The Balaban J connectivity index is 1.26. The molecule has 1 unspecified atom stereocenters. The van der Waals surface area contributed by atoms with E-state index < -0.39 is 24.7 Å². The third kappa shape index (κ3) is 7.55. The fraction of sp³-hybridized carbons (Fsp3) is 0.412. The van der Waals surface area contributed by atoms with Gasteiger partial charge < -0.3 is 15.0 Å². The molecule has 4 aromatic rings. The first-order valence-corrected chi connectivity index (χ1v) is 17.8. The molecule has 0 spiro atoms. The van der Waals surface area contributed by atoms with Gasteiger partial charge in [-0.25, -0.2) is 9.78 Å². The van der Waals surface area contributed by atoms with Crippen molar-refractivity contribution in [3.05, 3.63) is 79.8 Å². The molecular formula is C34H36Cl2F3N6O4S+. The number of hydrogen-bond acceptors (Lipinski definition) is 7. The molecule has 0 bridgehead atoms. The summed E-state index contributed by atoms with van der Waals surface area (Å²) in [7, 11) is 1.85. The predicted molar refractivity (Wildman–Crippen MR) is 185 cm³/mol. The molecular weight excluding hydrogens is 716 g/mol. The highest BCUT2D eigenvalue weighted by atomic mass is 35.5. The molecule has 2 fully saturated rings. The molecule has 10 nitrogen and oxygen atoms in total. The van der Waals surface area contributed by atoms with Gasteiger partial charge in [-0.1, -0.05) is 41.4 Å². The van der Waals surface area contributed by atoms with Crippen LogP contribution in [0, 0.1) is 0 Å². The van der Waals surface area contributed by atoms with Crippen molar-refractivity contribution in [1.29, 1.82) is 0 Å². The number of aromatic nitrogens is 2. The topological polar surface area (TPSA) is 108 Å². The van der Waals surface area contributed by atoms with E-state index in [1.54, 1.807) is 18.5 Å². The number of aryl methyl sites for hydroxylation is 2. The summed E-state index contributed by atoms with van der Waals surface area (Å²) in [5.74, 6) is -1.50. The van der Waals surface area contributed by atoms with Crippen LogP contribution in [0.25, 0.3) is 10.9 Å². The van der Waals surface area contributed by atoms with Crippen LogP contribution in [-0.4, -0.2) is 92.4 Å². The van der Waals surface area contributed by atoms with Crippen LogP contribution in [0.2, 0.25) is 10.0 Å². The summed E-state index contributed by atoms with van der Waals surface area (Å²) in [6.07, 6.45) is 0.481. The molecule has 6 rings (SSSR count). The number of carbonyl (C=O) groups is 3. The second-order valence-electron chi connectivity index (χ2n) is 12.7. The SMILES string of the molecule is Cn1cc(C(=O)Nc2cc(Cl)c(CC(=O)[N+]3(N4CCN(CC(F)(F)F)CC4)CCC[C@H]3c3ncc(CCC(=O)O)s3)cc2Cl)c2ccccc21. The van der Waals surface area contributed by atoms with E-state index in [2.05, 4.69) is 10.3 Å². The number of quaternary nitrogens is 1. The molecule has 2 amide bonds. The number of thiazole rings is 1. The van der Waals surface area contributed by atoms with Gasteiger partial charge in [0, 0.05) is 66.2 Å². The van der Waals surface area contributed by atoms with E-state index in [0.29, 0.717) is 41.9 Å². The van der Waals surface area contributed by atoms with Crippen molar-refractivity contribution in [2.24, 2.45) is 7.05 Å². The Kier molecular flexibility index (Phi) is 10.6. The number of halogens is 5. The van der Waals surface area contributed by atoms with Crippen molar-refractivity contribution >= 4 is 68.9 Å². The Morgan fingerprint density at radius 2 is 1.84 bits per heavy atom. The number of fused-ring (bicyclic) bond motifs is 1. The van der Waals surface area contributed by atoms with E-state index in [9.17, 15) is 27.6 Å². The molecule has 2 aromatic heterocycles. The Labute approximate surface area is 300 Å². The van der Waals surface area contributed by atoms with E-state index >= 15 is 0 Å². The van der Waals surface area contributed by atoms with Crippen LogP contribution < -0.4 is 5.32 Å². The number of anilines is 1. The molecule has 2 atom stereocenters. The van der Waals surface area contributed by atoms with Gasteiger partial charge in [0.25, 0.3) is 5.91 Å². The van der Waals surface area contributed by atoms with Crippen LogP contribution in [-0.2, 0) is 29.5 Å². The fourth-order valence-corrected chi connectivity index (χ4v) is 8.73. The number of nitrogens with one attached hydrogen (secondary N) is 1. The van der Waals surface area contributed by atoms with E-state index in [4.69, 9.17) is 28.3 Å². The molecule has 50 heavy (non-hydrogen) atoms. The minimum absolute atomic E-state index is 0.0515. The Bertz CT molecular complexity index is 1930. The smallest absolute Gasteiger partial charge is 0.401 e. The van der Waals surface area contributed by atoms with Gasteiger partial charge in [0.05, 0.1) is 48.7 Å². The Morgan fingerprint density at radius 3 is 2.56 bits per heavy atom. The van der Waals surface area contributed by atoms with Crippen molar-refractivity contribution in [3.63, 3.8) is 0 Å². The first-order chi connectivity index (χ1) is 23.7. The monoisotopic (exact) mass is 751 g/mol. The summed E-state index contributed by atoms with van der Waals surface area (Å²) < 4.78 is 41.3. The average Bonchev–Trinajstić information content (AvgIpc) is 3.80. The maximum absolute atomic E-state index is 14.7. The molecule has 0 saturated carbocycles. The normalized spacial score (nSPS) is 20.4. The second kappa shape index (κ2) is 14.6. The van der Waals surface area contributed by atoms with Gasteiger partial charge in [0.15, 0.2) is 11.0 Å². The second-order valence-corrected chi connectivity index (χ2v) is 14.7. The standard InChI is InChI=1S/C34H35Cl2F3N6O4S/c1-42-19-24(23-5-2-3-6-28(23)42)32(49)41-27-17-25(35)21(15-26(27)36)16-30(46)45(44-12-10-43(11-13-44)20-34(37,38)39)14-4-7-29(45)33-40-18-22(50-33)8-9-31(47)48/h2-3,5-6,15,17-19,29H,4,7-14,16,20H2,1H3,(H-,41,47,48,49)/p+1/t29-,45?/m0/s1. The van der Waals surface area contributed by atoms with Gasteiger partial charge in [-0.3, -0.25) is 14.5 Å². The number of alkyl halides is 3. The number of carboxylic acid groups (broad SMARTS) is 1. The van der Waals surface area contributed by atoms with E-state index in [-0.39, 0.29) is 71.2 Å². The number of carbonyl (C=O) groups excluding carboxylic acids is 2. The quantitative estimate of drug-likeness (QED) is 0.173. The summed E-state index contributed by atoms with van der Waals surface area (Å²) in [6.45, 7) is 0.163. The zero-order valence-electron chi connectivity index (χ0n) is 27.2.